The standard InChI is InChI=1S/C14H17FIN5/c15-9-4-5-11(10(16)8-9)21-13(18)19-12(17)20-14(21)6-2-1-3-7-14/h4-5,8H,1-3,6-7H2,(H4,17,18,19,20). The van der Waals surface area contributed by atoms with E-state index in [1.807, 2.05) is 4.90 Å². The largest absolute Gasteiger partial charge is 0.369 e. The Hall–Kier alpha value is -1.38. The molecule has 112 valence electrons. The number of nitrogens with two attached hydrogens (primary N) is 2. The normalized spacial score (nSPS) is 21.1. The highest BCUT2D eigenvalue weighted by molar-refractivity contribution is 14.1. The fourth-order valence-electron chi connectivity index (χ4n) is 3.13. The fourth-order valence-corrected chi connectivity index (χ4v) is 3.85. The summed E-state index contributed by atoms with van der Waals surface area (Å²) in [5.74, 6) is 0.285. The number of rotatable bonds is 1. The van der Waals surface area contributed by atoms with Crippen LogP contribution in [0.5, 0.6) is 0 Å². The van der Waals surface area contributed by atoms with E-state index in [0.29, 0.717) is 5.96 Å². The zero-order valence-electron chi connectivity index (χ0n) is 11.5. The predicted octanol–water partition coefficient (Wildman–Crippen LogP) is 2.54. The van der Waals surface area contributed by atoms with Gasteiger partial charge in [0.1, 0.15) is 11.5 Å². The van der Waals surface area contributed by atoms with Gasteiger partial charge in [-0.1, -0.05) is 6.42 Å². The van der Waals surface area contributed by atoms with Gasteiger partial charge in [-0.2, -0.15) is 4.99 Å². The molecule has 0 aromatic heterocycles. The van der Waals surface area contributed by atoms with Crippen molar-refractivity contribution < 1.29 is 4.39 Å². The zero-order chi connectivity index (χ0) is 15.0. The molecule has 3 rings (SSSR count). The maximum atomic E-state index is 13.4. The molecular weight excluding hydrogens is 384 g/mol. The van der Waals surface area contributed by atoms with Crippen LogP contribution in [0.4, 0.5) is 10.1 Å². The first-order valence-electron chi connectivity index (χ1n) is 6.97. The second kappa shape index (κ2) is 5.43. The SMILES string of the molecule is NC1=NC2(CCCCC2)N(c2ccc(F)cc2I)C(N)=N1. The molecule has 1 aliphatic carbocycles. The molecule has 0 amide bonds. The summed E-state index contributed by atoms with van der Waals surface area (Å²) >= 11 is 2.11. The minimum Gasteiger partial charge on any atom is -0.369 e. The molecule has 0 saturated heterocycles. The van der Waals surface area contributed by atoms with E-state index in [9.17, 15) is 4.39 Å². The van der Waals surface area contributed by atoms with Crippen molar-refractivity contribution in [2.45, 2.75) is 37.8 Å². The molecule has 0 atom stereocenters. The van der Waals surface area contributed by atoms with E-state index in [-0.39, 0.29) is 11.8 Å². The average Bonchev–Trinajstić information content (AvgIpc) is 2.41. The van der Waals surface area contributed by atoms with Crippen molar-refractivity contribution in [3.8, 4) is 0 Å². The van der Waals surface area contributed by atoms with Crippen LogP contribution in [0.1, 0.15) is 32.1 Å². The van der Waals surface area contributed by atoms with E-state index in [2.05, 4.69) is 32.6 Å². The van der Waals surface area contributed by atoms with Gasteiger partial charge in [0.15, 0.2) is 0 Å². The topological polar surface area (TPSA) is 80.0 Å². The molecule has 0 radical (unpaired) electrons. The Morgan fingerprint density at radius 1 is 1.19 bits per heavy atom. The van der Waals surface area contributed by atoms with Gasteiger partial charge in [0.2, 0.25) is 11.9 Å². The van der Waals surface area contributed by atoms with Crippen LogP contribution in [0.3, 0.4) is 0 Å². The van der Waals surface area contributed by atoms with Crippen LogP contribution in [0.15, 0.2) is 28.2 Å². The summed E-state index contributed by atoms with van der Waals surface area (Å²) < 4.78 is 14.2. The van der Waals surface area contributed by atoms with Crippen LogP contribution in [0.2, 0.25) is 0 Å². The first-order valence-corrected chi connectivity index (χ1v) is 8.04. The zero-order valence-corrected chi connectivity index (χ0v) is 13.7. The molecule has 1 aromatic rings. The average molecular weight is 401 g/mol. The molecular formula is C14H17FIN5. The minimum atomic E-state index is -0.480. The lowest BCUT2D eigenvalue weighted by atomic mass is 9.87. The third kappa shape index (κ3) is 2.58. The van der Waals surface area contributed by atoms with Gasteiger partial charge in [0.25, 0.3) is 0 Å². The second-order valence-electron chi connectivity index (χ2n) is 5.41. The Morgan fingerprint density at radius 3 is 2.57 bits per heavy atom. The molecule has 7 heteroatoms. The van der Waals surface area contributed by atoms with Crippen molar-refractivity contribution in [1.29, 1.82) is 0 Å². The van der Waals surface area contributed by atoms with Gasteiger partial charge in [-0.3, -0.25) is 4.90 Å². The molecule has 4 N–H and O–H groups in total. The van der Waals surface area contributed by atoms with E-state index >= 15 is 0 Å². The second-order valence-corrected chi connectivity index (χ2v) is 6.58. The molecule has 1 aromatic carbocycles. The number of benzene rings is 1. The summed E-state index contributed by atoms with van der Waals surface area (Å²) in [6, 6.07) is 4.65. The van der Waals surface area contributed by atoms with Crippen molar-refractivity contribution in [2.24, 2.45) is 21.5 Å². The van der Waals surface area contributed by atoms with Crippen molar-refractivity contribution >= 4 is 40.2 Å². The number of anilines is 1. The van der Waals surface area contributed by atoms with E-state index in [4.69, 9.17) is 11.5 Å². The lowest BCUT2D eigenvalue weighted by molar-refractivity contribution is 0.305. The molecule has 2 aliphatic rings. The maximum absolute atomic E-state index is 13.4. The molecule has 21 heavy (non-hydrogen) atoms. The van der Waals surface area contributed by atoms with Gasteiger partial charge in [0.05, 0.1) is 5.69 Å². The molecule has 1 fully saturated rings. The summed E-state index contributed by atoms with van der Waals surface area (Å²) in [5.41, 5.74) is 12.3. The molecule has 0 bridgehead atoms. The lowest BCUT2D eigenvalue weighted by Crippen LogP contribution is -2.58. The number of hydrogen-bond donors (Lipinski definition) is 2. The fraction of sp³-hybridized carbons (Fsp3) is 0.429. The Bertz CT molecular complexity index is 622. The number of guanidine groups is 2. The van der Waals surface area contributed by atoms with Gasteiger partial charge < -0.3 is 11.5 Å². The van der Waals surface area contributed by atoms with Crippen molar-refractivity contribution in [3.63, 3.8) is 0 Å². The van der Waals surface area contributed by atoms with Crippen LogP contribution >= 0.6 is 22.6 Å². The molecule has 1 heterocycles. The van der Waals surface area contributed by atoms with Crippen molar-refractivity contribution in [1.82, 2.24) is 0 Å². The van der Waals surface area contributed by atoms with E-state index in [0.717, 1.165) is 34.9 Å². The summed E-state index contributed by atoms with van der Waals surface area (Å²) in [5, 5.41) is 0. The summed E-state index contributed by atoms with van der Waals surface area (Å²) in [6.45, 7) is 0. The van der Waals surface area contributed by atoms with Crippen molar-refractivity contribution in [2.75, 3.05) is 4.90 Å². The number of hydrogen-bond acceptors (Lipinski definition) is 5. The van der Waals surface area contributed by atoms with E-state index < -0.39 is 5.66 Å². The Labute approximate surface area is 136 Å². The Morgan fingerprint density at radius 2 is 1.90 bits per heavy atom. The van der Waals surface area contributed by atoms with Gasteiger partial charge >= 0.3 is 0 Å². The van der Waals surface area contributed by atoms with Crippen LogP contribution in [-0.4, -0.2) is 17.6 Å². The maximum Gasteiger partial charge on any atom is 0.220 e. The predicted molar refractivity (Wildman–Crippen MR) is 90.7 cm³/mol. The molecule has 5 nitrogen and oxygen atoms in total. The number of halogens is 2. The third-order valence-electron chi connectivity index (χ3n) is 4.00. The monoisotopic (exact) mass is 401 g/mol. The Balaban J connectivity index is 2.10. The molecule has 1 aliphatic heterocycles. The highest BCUT2D eigenvalue weighted by Crippen LogP contribution is 2.40. The van der Waals surface area contributed by atoms with Gasteiger partial charge in [-0.25, -0.2) is 9.38 Å². The smallest absolute Gasteiger partial charge is 0.220 e. The lowest BCUT2D eigenvalue weighted by Gasteiger charge is -2.45. The van der Waals surface area contributed by atoms with Crippen LogP contribution in [0.25, 0.3) is 0 Å². The minimum absolute atomic E-state index is 0.225. The van der Waals surface area contributed by atoms with E-state index in [1.165, 1.54) is 18.6 Å². The molecule has 1 spiro atoms. The van der Waals surface area contributed by atoms with Crippen LogP contribution in [0, 0.1) is 9.39 Å². The highest BCUT2D eigenvalue weighted by atomic mass is 127. The molecule has 0 unspecified atom stereocenters. The first kappa shape index (κ1) is 14.6. The van der Waals surface area contributed by atoms with Crippen molar-refractivity contribution in [3.05, 3.63) is 27.6 Å². The summed E-state index contributed by atoms with van der Waals surface area (Å²) in [7, 11) is 0. The van der Waals surface area contributed by atoms with Crippen LogP contribution < -0.4 is 16.4 Å². The van der Waals surface area contributed by atoms with Gasteiger partial charge in [-0.15, -0.1) is 0 Å². The highest BCUT2D eigenvalue weighted by Gasteiger charge is 2.43. The first-order chi connectivity index (χ1) is 10.0. The van der Waals surface area contributed by atoms with Gasteiger partial charge in [-0.05, 0) is 66.5 Å². The summed E-state index contributed by atoms with van der Waals surface area (Å²) in [4.78, 5) is 10.6. The Kier molecular flexibility index (Phi) is 3.76. The number of aliphatic imine (C=N–C) groups is 2. The van der Waals surface area contributed by atoms with Gasteiger partial charge in [0, 0.05) is 3.57 Å². The van der Waals surface area contributed by atoms with E-state index in [1.54, 1.807) is 6.07 Å². The van der Waals surface area contributed by atoms with Crippen LogP contribution in [-0.2, 0) is 0 Å². The summed E-state index contributed by atoms with van der Waals surface area (Å²) in [6.07, 6.45) is 5.06. The molecule has 1 saturated carbocycles. The quantitative estimate of drug-likeness (QED) is 0.710. The number of nitrogens with zero attached hydrogens (tertiary/aromatic N) is 3. The third-order valence-corrected chi connectivity index (χ3v) is 4.87.